The summed E-state index contributed by atoms with van der Waals surface area (Å²) in [7, 11) is 1.55. The highest BCUT2D eigenvalue weighted by Crippen LogP contribution is 2.21. The molecule has 9 heavy (non-hydrogen) atoms. The number of hydrogen-bond donors (Lipinski definition) is 2. The summed E-state index contributed by atoms with van der Waals surface area (Å²) in [5.74, 6) is 0. The maximum absolute atomic E-state index is 9.07. The largest absolute Gasteiger partial charge is 1.00 e. The lowest BCUT2D eigenvalue weighted by Crippen LogP contribution is -2.20. The molecule has 3 heteroatoms. The number of rotatable bonds is 1. The monoisotopic (exact) mass is 133 g/mol. The summed E-state index contributed by atoms with van der Waals surface area (Å²) < 4.78 is 4.88. The summed E-state index contributed by atoms with van der Waals surface area (Å²) in [6.45, 7) is 0. The van der Waals surface area contributed by atoms with Crippen molar-refractivity contribution in [3.8, 4) is 0 Å². The molecule has 0 heterocycles. The molecule has 0 saturated heterocycles. The predicted molar refractivity (Wildman–Crippen MR) is 33.2 cm³/mol. The summed E-state index contributed by atoms with van der Waals surface area (Å²) in [4.78, 5) is 0. The average Bonchev–Trinajstić information content (AvgIpc) is 2.10. The van der Waals surface area contributed by atoms with Crippen molar-refractivity contribution in [2.45, 2.75) is 31.2 Å². The first-order valence-corrected chi connectivity index (χ1v) is 3.13. The highest BCUT2D eigenvalue weighted by atomic mass is 16.5. The fourth-order valence-corrected chi connectivity index (χ4v) is 1.21. The van der Waals surface area contributed by atoms with E-state index < -0.39 is 6.10 Å². The van der Waals surface area contributed by atoms with E-state index in [1.165, 1.54) is 0 Å². The van der Waals surface area contributed by atoms with Gasteiger partial charge in [-0.25, -0.2) is 0 Å². The molecule has 0 aromatic heterocycles. The first kappa shape index (κ1) is 6.99. The molecule has 3 atom stereocenters. The zero-order valence-electron chi connectivity index (χ0n) is 6.45. The van der Waals surface area contributed by atoms with Crippen LogP contribution in [-0.2, 0) is 4.74 Å². The van der Waals surface area contributed by atoms with Gasteiger partial charge in [0.1, 0.15) is 0 Å². The van der Waals surface area contributed by atoms with Crippen molar-refractivity contribution in [1.29, 1.82) is 0 Å². The van der Waals surface area contributed by atoms with E-state index in [4.69, 9.17) is 14.9 Å². The Balaban J connectivity index is 0.000000810. The first-order chi connectivity index (χ1) is 4.24. The first-order valence-electron chi connectivity index (χ1n) is 3.13. The van der Waals surface area contributed by atoms with Gasteiger partial charge in [0.2, 0.25) is 0 Å². The highest BCUT2D eigenvalue weighted by Gasteiger charge is 2.31. The zero-order valence-corrected chi connectivity index (χ0v) is 5.45. The Labute approximate surface area is 55.7 Å². The van der Waals surface area contributed by atoms with Gasteiger partial charge in [-0.15, -0.1) is 0 Å². The lowest BCUT2D eigenvalue weighted by Gasteiger charge is -2.09. The van der Waals surface area contributed by atoms with E-state index in [-0.39, 0.29) is 13.6 Å². The van der Waals surface area contributed by atoms with Crippen LogP contribution in [0.2, 0.25) is 0 Å². The number of aliphatic hydroxyl groups is 2. The summed E-state index contributed by atoms with van der Waals surface area (Å²) in [6, 6.07) is 0. The molecule has 1 rings (SSSR count). The fraction of sp³-hybridized carbons (Fsp3) is 1.00. The van der Waals surface area contributed by atoms with Crippen molar-refractivity contribution in [3.05, 3.63) is 0 Å². The van der Waals surface area contributed by atoms with E-state index in [1.54, 1.807) is 7.11 Å². The number of ether oxygens (including phenoxy) is 1. The topological polar surface area (TPSA) is 49.7 Å². The van der Waals surface area contributed by atoms with E-state index in [0.29, 0.717) is 12.8 Å². The predicted octanol–water partition coefficient (Wildman–Crippen LogP) is -0.370. The number of aliphatic hydroxyl groups excluding tert-OH is 2. The van der Waals surface area contributed by atoms with Gasteiger partial charge in [-0.05, 0) is 0 Å². The molecule has 0 aromatic carbocycles. The van der Waals surface area contributed by atoms with E-state index in [9.17, 15) is 0 Å². The standard InChI is InChI=1S/C6H12O3/c1-9-6-3-4(7)2-5(6)8/h4-8H,2-3H2,1H3/p+1. The average molecular weight is 133 g/mol. The van der Waals surface area contributed by atoms with Gasteiger partial charge in [-0.1, -0.05) is 0 Å². The number of hydrogen-bond acceptors (Lipinski definition) is 3. The van der Waals surface area contributed by atoms with E-state index >= 15 is 0 Å². The molecule has 0 radical (unpaired) electrons. The Morgan fingerprint density at radius 2 is 2.11 bits per heavy atom. The van der Waals surface area contributed by atoms with Gasteiger partial charge in [-0.2, -0.15) is 0 Å². The smallest absolute Gasteiger partial charge is 0.393 e. The van der Waals surface area contributed by atoms with Crippen LogP contribution < -0.4 is 0 Å². The molecular formula is C6H13O3+. The van der Waals surface area contributed by atoms with Crippen LogP contribution in [0.15, 0.2) is 0 Å². The van der Waals surface area contributed by atoms with Crippen LogP contribution in [0.1, 0.15) is 14.3 Å². The highest BCUT2D eigenvalue weighted by molar-refractivity contribution is 4.83. The minimum Gasteiger partial charge on any atom is -0.393 e. The molecule has 1 saturated carbocycles. The van der Waals surface area contributed by atoms with Crippen molar-refractivity contribution < 1.29 is 16.4 Å². The van der Waals surface area contributed by atoms with Gasteiger partial charge in [0.25, 0.3) is 0 Å². The van der Waals surface area contributed by atoms with Gasteiger partial charge in [0.15, 0.2) is 0 Å². The molecule has 2 N–H and O–H groups in total. The van der Waals surface area contributed by atoms with Gasteiger partial charge >= 0.3 is 1.43 Å². The van der Waals surface area contributed by atoms with E-state index in [1.807, 2.05) is 0 Å². The van der Waals surface area contributed by atoms with Gasteiger partial charge < -0.3 is 14.9 Å². The van der Waals surface area contributed by atoms with Crippen LogP contribution in [0.25, 0.3) is 0 Å². The van der Waals surface area contributed by atoms with Crippen molar-refractivity contribution in [3.63, 3.8) is 0 Å². The fourth-order valence-electron chi connectivity index (χ4n) is 1.21. The van der Waals surface area contributed by atoms with Crippen molar-refractivity contribution in [2.24, 2.45) is 0 Å². The summed E-state index contributed by atoms with van der Waals surface area (Å²) in [6.07, 6.45) is 0.0332. The molecule has 0 amide bonds. The third kappa shape index (κ3) is 1.41. The Hall–Kier alpha value is -0.120. The second kappa shape index (κ2) is 2.64. The molecule has 0 bridgehead atoms. The summed E-state index contributed by atoms with van der Waals surface area (Å²) in [5, 5.41) is 18.0. The van der Waals surface area contributed by atoms with Crippen molar-refractivity contribution in [2.75, 3.05) is 7.11 Å². The van der Waals surface area contributed by atoms with Gasteiger partial charge in [0, 0.05) is 20.0 Å². The molecule has 0 aromatic rings. The summed E-state index contributed by atoms with van der Waals surface area (Å²) in [5.41, 5.74) is 0. The minimum absolute atomic E-state index is 0. The molecule has 3 nitrogen and oxygen atoms in total. The van der Waals surface area contributed by atoms with Crippen molar-refractivity contribution in [1.82, 2.24) is 0 Å². The minimum atomic E-state index is -0.468. The zero-order chi connectivity index (χ0) is 6.85. The number of methoxy groups -OCH3 is 1. The molecule has 54 valence electrons. The Bertz CT molecular complexity index is 99.0. The Morgan fingerprint density at radius 3 is 2.33 bits per heavy atom. The third-order valence-corrected chi connectivity index (χ3v) is 1.75. The molecule has 1 aliphatic rings. The Morgan fingerprint density at radius 1 is 1.44 bits per heavy atom. The third-order valence-electron chi connectivity index (χ3n) is 1.75. The normalized spacial score (nSPS) is 43.7. The van der Waals surface area contributed by atoms with Crippen LogP contribution in [0.5, 0.6) is 0 Å². The molecule has 1 aliphatic carbocycles. The molecule has 0 spiro atoms. The second-order valence-corrected chi connectivity index (χ2v) is 2.47. The van der Waals surface area contributed by atoms with Crippen LogP contribution in [-0.4, -0.2) is 35.6 Å². The van der Waals surface area contributed by atoms with E-state index in [2.05, 4.69) is 0 Å². The Kier molecular flexibility index (Phi) is 2.05. The molecule has 1 fully saturated rings. The lowest BCUT2D eigenvalue weighted by molar-refractivity contribution is 0.00958. The lowest BCUT2D eigenvalue weighted by atomic mass is 10.3. The van der Waals surface area contributed by atoms with Gasteiger partial charge in [-0.3, -0.25) is 0 Å². The molecule has 3 unspecified atom stereocenters. The summed E-state index contributed by atoms with van der Waals surface area (Å²) >= 11 is 0. The van der Waals surface area contributed by atoms with Crippen LogP contribution in [0.3, 0.4) is 0 Å². The van der Waals surface area contributed by atoms with Crippen LogP contribution in [0, 0.1) is 0 Å². The van der Waals surface area contributed by atoms with E-state index in [0.717, 1.165) is 0 Å². The second-order valence-electron chi connectivity index (χ2n) is 2.47. The molecule has 0 aliphatic heterocycles. The van der Waals surface area contributed by atoms with Crippen LogP contribution in [0.4, 0.5) is 0 Å². The maximum Gasteiger partial charge on any atom is 1.00 e. The molecular weight excluding hydrogens is 120 g/mol. The SMILES string of the molecule is COC1CC(O)CC1O.[H+]. The quantitative estimate of drug-likeness (QED) is 0.513. The van der Waals surface area contributed by atoms with Crippen molar-refractivity contribution >= 4 is 0 Å². The maximum atomic E-state index is 9.07. The van der Waals surface area contributed by atoms with Gasteiger partial charge in [0.05, 0.1) is 18.3 Å². The van der Waals surface area contributed by atoms with Crippen LogP contribution >= 0.6 is 0 Å².